The molecule has 2 saturated heterocycles. The monoisotopic (exact) mass is 592 g/mol. The Kier molecular flexibility index (Phi) is 6.28. The first-order valence-electron chi connectivity index (χ1n) is 15.7. The first-order valence-corrected chi connectivity index (χ1v) is 15.7. The molecule has 0 saturated carbocycles. The second-order valence-corrected chi connectivity index (χ2v) is 17.2. The van der Waals surface area contributed by atoms with Gasteiger partial charge in [0.2, 0.25) is 0 Å². The Morgan fingerprint density at radius 2 is 0.744 bits per heavy atom. The zero-order valence-corrected chi connectivity index (χ0v) is 28.1. The van der Waals surface area contributed by atoms with Crippen LogP contribution in [-0.4, -0.2) is 63.2 Å². The Labute approximate surface area is 257 Å². The van der Waals surface area contributed by atoms with Gasteiger partial charge in [-0.05, 0) is 112 Å². The van der Waals surface area contributed by atoms with E-state index in [2.05, 4.69) is 64.1 Å². The normalized spacial score (nSPS) is 29.0. The van der Waals surface area contributed by atoms with Crippen molar-refractivity contribution in [1.29, 1.82) is 0 Å². The Bertz CT molecular complexity index is 1340. The quantitative estimate of drug-likeness (QED) is 0.290. The van der Waals surface area contributed by atoms with E-state index in [0.717, 1.165) is 24.0 Å². The van der Waals surface area contributed by atoms with Gasteiger partial charge in [0, 0.05) is 5.41 Å². The number of hydrogen-bond donors (Lipinski definition) is 4. The van der Waals surface area contributed by atoms with Crippen LogP contribution in [-0.2, 0) is 16.2 Å². The van der Waals surface area contributed by atoms with E-state index in [1.54, 1.807) is 0 Å². The molecule has 4 aliphatic rings. The van der Waals surface area contributed by atoms with Gasteiger partial charge in [0.25, 0.3) is 0 Å². The highest BCUT2D eigenvalue weighted by atomic mass is 16.6. The van der Waals surface area contributed by atoms with Crippen LogP contribution in [0.2, 0.25) is 0 Å². The van der Waals surface area contributed by atoms with Crippen LogP contribution in [0.5, 0.6) is 0 Å². The fourth-order valence-electron chi connectivity index (χ4n) is 8.82. The molecule has 43 heavy (non-hydrogen) atoms. The van der Waals surface area contributed by atoms with Crippen LogP contribution in [0.3, 0.4) is 0 Å². The molecule has 1 spiro atoms. The molecule has 0 radical (unpaired) electrons. The van der Waals surface area contributed by atoms with Crippen molar-refractivity contribution in [2.75, 3.05) is 0 Å². The average molecular weight is 593 g/mol. The molecule has 0 unspecified atom stereocenters. The molecule has 236 valence electrons. The fourth-order valence-corrected chi connectivity index (χ4v) is 8.82. The molecular weight excluding hydrogens is 540 g/mol. The van der Waals surface area contributed by atoms with E-state index in [-0.39, 0.29) is 16.2 Å². The van der Waals surface area contributed by atoms with E-state index in [4.69, 9.17) is 0 Å². The zero-order valence-electron chi connectivity index (χ0n) is 28.1. The second-order valence-electron chi connectivity index (χ2n) is 17.2. The van der Waals surface area contributed by atoms with Crippen LogP contribution in [0.1, 0.15) is 142 Å². The van der Waals surface area contributed by atoms with E-state index in [1.165, 1.54) is 42.5 Å². The predicted octanol–water partition coefficient (Wildman–Crippen LogP) is 7.24. The van der Waals surface area contributed by atoms with Crippen molar-refractivity contribution in [2.45, 2.75) is 147 Å². The van der Waals surface area contributed by atoms with Crippen molar-refractivity contribution < 1.29 is 20.8 Å². The van der Waals surface area contributed by atoms with Crippen molar-refractivity contribution >= 4 is 0 Å². The summed E-state index contributed by atoms with van der Waals surface area (Å²) in [6.45, 7) is 24.8. The molecule has 2 aliphatic carbocycles. The van der Waals surface area contributed by atoms with Crippen LogP contribution in [0, 0.1) is 0 Å². The molecule has 8 heteroatoms. The summed E-state index contributed by atoms with van der Waals surface area (Å²) in [6.07, 6.45) is 0.425. The average Bonchev–Trinajstić information content (AvgIpc) is 3.35. The molecule has 6 rings (SSSR count). The van der Waals surface area contributed by atoms with E-state index in [9.17, 15) is 20.8 Å². The molecule has 8 nitrogen and oxygen atoms in total. The molecular formula is C35H52N4O4. The lowest BCUT2D eigenvalue weighted by Crippen LogP contribution is -2.52. The van der Waals surface area contributed by atoms with Crippen LogP contribution < -0.4 is 0 Å². The Balaban J connectivity index is 1.53. The van der Waals surface area contributed by atoms with Gasteiger partial charge in [-0.1, -0.05) is 64.1 Å². The molecule has 4 N–H and O–H groups in total. The lowest BCUT2D eigenvalue weighted by molar-refractivity contribution is -0.223. The van der Waals surface area contributed by atoms with Crippen molar-refractivity contribution in [1.82, 2.24) is 20.3 Å². The first-order chi connectivity index (χ1) is 19.5. The maximum absolute atomic E-state index is 11.4. The van der Waals surface area contributed by atoms with Gasteiger partial charge in [-0.3, -0.25) is 0 Å². The summed E-state index contributed by atoms with van der Waals surface area (Å²) in [6, 6.07) is 12.9. The zero-order chi connectivity index (χ0) is 32.1. The van der Waals surface area contributed by atoms with Crippen LogP contribution >= 0.6 is 0 Å². The minimum absolute atomic E-state index is 0.100. The lowest BCUT2D eigenvalue weighted by Gasteiger charge is -2.37. The predicted molar refractivity (Wildman–Crippen MR) is 165 cm³/mol. The first kappa shape index (κ1) is 31.1. The van der Waals surface area contributed by atoms with Crippen molar-refractivity contribution in [3.63, 3.8) is 0 Å². The van der Waals surface area contributed by atoms with E-state index < -0.39 is 34.5 Å². The Morgan fingerprint density at radius 1 is 0.465 bits per heavy atom. The van der Waals surface area contributed by atoms with Gasteiger partial charge in [0.15, 0.2) is 0 Å². The van der Waals surface area contributed by atoms with Gasteiger partial charge < -0.3 is 20.8 Å². The van der Waals surface area contributed by atoms with E-state index in [0.29, 0.717) is 0 Å². The molecule has 2 aliphatic heterocycles. The number of hydrogen-bond acceptors (Lipinski definition) is 8. The van der Waals surface area contributed by atoms with Crippen molar-refractivity contribution in [3.8, 4) is 0 Å². The van der Waals surface area contributed by atoms with Gasteiger partial charge in [-0.2, -0.15) is 20.3 Å². The molecule has 0 bridgehead atoms. The Morgan fingerprint density at radius 3 is 1.02 bits per heavy atom. The van der Waals surface area contributed by atoms with Crippen molar-refractivity contribution in [3.05, 3.63) is 69.8 Å². The molecule has 2 fully saturated rings. The third kappa shape index (κ3) is 3.67. The maximum Gasteiger partial charge on any atom is 0.136 e. The highest BCUT2D eigenvalue weighted by molar-refractivity contribution is 5.61. The Hall–Kier alpha value is -1.88. The standard InChI is InChI=1S/C35H52N4O4/c1-29(2)19-35(25-17-21(13-15-23(25)29)27-36(40)31(5,6)32(7,8)37(27)41)20-30(3,4)24-16-14-22(18-26(24)35)28-38(42)33(9,10)34(11,12)39(28)43/h13-18,27-28,40-43H,19-20H2,1-12H3. The summed E-state index contributed by atoms with van der Waals surface area (Å²) >= 11 is 0. The topological polar surface area (TPSA) is 93.9 Å². The third-order valence-corrected chi connectivity index (χ3v) is 12.9. The second kappa shape index (κ2) is 8.68. The summed E-state index contributed by atoms with van der Waals surface area (Å²) < 4.78 is 0. The molecule has 0 aromatic heterocycles. The smallest absolute Gasteiger partial charge is 0.136 e. The summed E-state index contributed by atoms with van der Waals surface area (Å²) in [5.41, 5.74) is 3.48. The molecule has 0 amide bonds. The lowest BCUT2D eigenvalue weighted by atomic mass is 9.72. The summed E-state index contributed by atoms with van der Waals surface area (Å²) in [5, 5.41) is 50.7. The summed E-state index contributed by atoms with van der Waals surface area (Å²) in [7, 11) is 0. The van der Waals surface area contributed by atoms with E-state index in [1.807, 2.05) is 55.4 Å². The van der Waals surface area contributed by atoms with Crippen LogP contribution in [0.15, 0.2) is 36.4 Å². The number of fused-ring (bicyclic) bond motifs is 4. The van der Waals surface area contributed by atoms with Gasteiger partial charge in [0.1, 0.15) is 12.3 Å². The number of hydroxylamine groups is 8. The number of nitrogens with zero attached hydrogens (tertiary/aromatic N) is 4. The van der Waals surface area contributed by atoms with Crippen molar-refractivity contribution in [2.24, 2.45) is 0 Å². The largest absolute Gasteiger partial charge is 0.311 e. The van der Waals surface area contributed by atoms with Gasteiger partial charge >= 0.3 is 0 Å². The molecule has 0 atom stereocenters. The van der Waals surface area contributed by atoms with Gasteiger partial charge in [-0.15, -0.1) is 0 Å². The molecule has 2 aromatic rings. The molecule has 2 aromatic carbocycles. The fraction of sp³-hybridized carbons (Fsp3) is 0.657. The van der Waals surface area contributed by atoms with Crippen LogP contribution in [0.25, 0.3) is 0 Å². The number of rotatable bonds is 2. The minimum Gasteiger partial charge on any atom is -0.311 e. The third-order valence-electron chi connectivity index (χ3n) is 12.9. The highest BCUT2D eigenvalue weighted by Gasteiger charge is 2.61. The minimum atomic E-state index is -0.704. The SMILES string of the molecule is CC1(C)CC2(CC(C)(C)c3ccc(C4N(O)C(C)(C)C(C)(C)N4O)cc32)c2cc(C3N(O)C(C)(C)C(C)(C)N3O)ccc21. The summed E-state index contributed by atoms with van der Waals surface area (Å²) in [4.78, 5) is 0. The highest BCUT2D eigenvalue weighted by Crippen LogP contribution is 2.64. The maximum atomic E-state index is 11.4. The molecule has 2 heterocycles. The number of benzene rings is 2. The van der Waals surface area contributed by atoms with Crippen LogP contribution in [0.4, 0.5) is 0 Å². The van der Waals surface area contributed by atoms with Gasteiger partial charge in [-0.25, -0.2) is 0 Å². The van der Waals surface area contributed by atoms with E-state index >= 15 is 0 Å². The summed E-state index contributed by atoms with van der Waals surface area (Å²) in [5.74, 6) is 0. The van der Waals surface area contributed by atoms with Gasteiger partial charge in [0.05, 0.1) is 22.2 Å².